The van der Waals surface area contributed by atoms with Crippen molar-refractivity contribution in [2.75, 3.05) is 27.3 Å². The quantitative estimate of drug-likeness (QED) is 0.421. The molecule has 1 aliphatic rings. The molecule has 3 rings (SSSR count). The number of halogens is 1. The van der Waals surface area contributed by atoms with Crippen LogP contribution in [0.15, 0.2) is 18.2 Å². The number of phenolic OH excluding ortho intramolecular Hbond substituents is 1. The predicted octanol–water partition coefficient (Wildman–Crippen LogP) is 3.30. The Morgan fingerprint density at radius 3 is 2.34 bits per heavy atom. The van der Waals surface area contributed by atoms with E-state index in [9.17, 15) is 24.6 Å². The summed E-state index contributed by atoms with van der Waals surface area (Å²) in [6.45, 7) is 5.82. The Morgan fingerprint density at radius 1 is 1.16 bits per heavy atom. The highest BCUT2D eigenvalue weighted by Crippen LogP contribution is 2.39. The minimum absolute atomic E-state index is 0.0306. The number of nitrogens with one attached hydrogen (secondary N) is 1. The molecule has 0 unspecified atom stereocenters. The van der Waals surface area contributed by atoms with E-state index in [-0.39, 0.29) is 59.4 Å². The number of hydrogen-bond acceptors (Lipinski definition) is 7. The highest BCUT2D eigenvalue weighted by atomic mass is 19.1. The number of aromatic hydroxyl groups is 1. The molecular formula is C27H32FN3O7. The molecule has 0 saturated heterocycles. The van der Waals surface area contributed by atoms with Crippen LogP contribution in [-0.2, 0) is 28.1 Å². The standard InChI is InChI=1S/C27H32FN3O7/c1-14(32)30(13-21(34)35)11-17-7-15(8-18(24(17)36)27(2,3)4)19(33)12-31-10-16-9-20(37-5)25(38-6)23(28)22(16)26(31)29/h7-9,29,36H,10-13H2,1-6H3,(H,34,35). The Kier molecular flexibility index (Phi) is 7.99. The lowest BCUT2D eigenvalue weighted by Crippen LogP contribution is -2.34. The van der Waals surface area contributed by atoms with Crippen molar-refractivity contribution in [1.82, 2.24) is 9.80 Å². The van der Waals surface area contributed by atoms with E-state index in [1.54, 1.807) is 12.1 Å². The largest absolute Gasteiger partial charge is 0.507 e. The molecule has 0 atom stereocenters. The van der Waals surface area contributed by atoms with Crippen LogP contribution in [0.3, 0.4) is 0 Å². The van der Waals surface area contributed by atoms with Crippen molar-refractivity contribution >= 4 is 23.5 Å². The lowest BCUT2D eigenvalue weighted by atomic mass is 9.83. The fraction of sp³-hybridized carbons (Fsp3) is 0.407. The molecule has 0 aliphatic carbocycles. The normalized spacial score (nSPS) is 12.8. The molecule has 0 radical (unpaired) electrons. The Labute approximate surface area is 220 Å². The minimum atomic E-state index is -1.21. The van der Waals surface area contributed by atoms with Crippen molar-refractivity contribution in [3.63, 3.8) is 0 Å². The van der Waals surface area contributed by atoms with Crippen LogP contribution in [0.4, 0.5) is 4.39 Å². The van der Waals surface area contributed by atoms with E-state index in [0.29, 0.717) is 11.1 Å². The number of amidine groups is 1. The van der Waals surface area contributed by atoms with Gasteiger partial charge < -0.3 is 29.5 Å². The Balaban J connectivity index is 1.97. The number of carbonyl (C=O) groups excluding carboxylic acids is 2. The van der Waals surface area contributed by atoms with Crippen LogP contribution < -0.4 is 9.47 Å². The maximum Gasteiger partial charge on any atom is 0.323 e. The van der Waals surface area contributed by atoms with E-state index in [0.717, 1.165) is 4.90 Å². The Bertz CT molecular complexity index is 1320. The van der Waals surface area contributed by atoms with Gasteiger partial charge in [0.1, 0.15) is 18.1 Å². The van der Waals surface area contributed by atoms with E-state index in [2.05, 4.69) is 0 Å². The van der Waals surface area contributed by atoms with E-state index >= 15 is 4.39 Å². The second-order valence-corrected chi connectivity index (χ2v) is 10.1. The molecule has 10 nitrogen and oxygen atoms in total. The summed E-state index contributed by atoms with van der Waals surface area (Å²) in [5.74, 6) is -3.11. The number of methoxy groups -OCH3 is 2. The molecule has 2 aromatic carbocycles. The van der Waals surface area contributed by atoms with E-state index in [4.69, 9.17) is 14.9 Å². The van der Waals surface area contributed by atoms with Crippen LogP contribution in [0.2, 0.25) is 0 Å². The average molecular weight is 530 g/mol. The number of carboxylic acid groups (broad SMARTS) is 1. The fourth-order valence-electron chi connectivity index (χ4n) is 4.42. The van der Waals surface area contributed by atoms with Crippen LogP contribution in [-0.4, -0.2) is 70.8 Å². The molecule has 1 amide bonds. The zero-order valence-electron chi connectivity index (χ0n) is 22.3. The lowest BCUT2D eigenvalue weighted by molar-refractivity contribution is -0.144. The molecule has 204 valence electrons. The van der Waals surface area contributed by atoms with Gasteiger partial charge in [0, 0.05) is 36.7 Å². The summed E-state index contributed by atoms with van der Waals surface area (Å²) < 4.78 is 25.4. The van der Waals surface area contributed by atoms with Gasteiger partial charge in [0.2, 0.25) is 5.91 Å². The monoisotopic (exact) mass is 529 g/mol. The number of carbonyl (C=O) groups is 3. The molecule has 2 aromatic rings. The first kappa shape index (κ1) is 28.4. The zero-order chi connectivity index (χ0) is 28.5. The molecule has 3 N–H and O–H groups in total. The number of ether oxygens (including phenoxy) is 2. The van der Waals surface area contributed by atoms with Gasteiger partial charge in [-0.2, -0.15) is 0 Å². The molecule has 0 saturated carbocycles. The number of nitrogens with zero attached hydrogens (tertiary/aromatic N) is 2. The number of rotatable bonds is 9. The molecule has 0 fully saturated rings. The van der Waals surface area contributed by atoms with Gasteiger partial charge in [-0.05, 0) is 29.2 Å². The molecule has 0 aromatic heterocycles. The van der Waals surface area contributed by atoms with Crippen molar-refractivity contribution in [1.29, 1.82) is 5.41 Å². The van der Waals surface area contributed by atoms with Crippen molar-refractivity contribution in [2.24, 2.45) is 0 Å². The number of benzene rings is 2. The summed E-state index contributed by atoms with van der Waals surface area (Å²) in [5, 5.41) is 28.6. The summed E-state index contributed by atoms with van der Waals surface area (Å²) in [6, 6.07) is 4.55. The fourth-order valence-corrected chi connectivity index (χ4v) is 4.42. The first-order valence-electron chi connectivity index (χ1n) is 11.8. The van der Waals surface area contributed by atoms with Gasteiger partial charge in [-0.3, -0.25) is 19.8 Å². The Hall–Kier alpha value is -4.15. The smallest absolute Gasteiger partial charge is 0.323 e. The number of Topliss-reactive ketones (excluding diaryl/α,β-unsaturated/α-hetero) is 1. The molecule has 11 heteroatoms. The van der Waals surface area contributed by atoms with E-state index < -0.39 is 35.4 Å². The van der Waals surface area contributed by atoms with Crippen molar-refractivity contribution in [3.05, 3.63) is 51.8 Å². The highest BCUT2D eigenvalue weighted by molar-refractivity contribution is 6.06. The van der Waals surface area contributed by atoms with Crippen LogP contribution in [0.25, 0.3) is 0 Å². The van der Waals surface area contributed by atoms with Crippen molar-refractivity contribution in [3.8, 4) is 17.2 Å². The van der Waals surface area contributed by atoms with Crippen molar-refractivity contribution < 1.29 is 38.5 Å². The van der Waals surface area contributed by atoms with Crippen molar-refractivity contribution in [2.45, 2.75) is 46.2 Å². The van der Waals surface area contributed by atoms with Crippen LogP contribution in [0.1, 0.15) is 60.3 Å². The summed E-state index contributed by atoms with van der Waals surface area (Å²) in [7, 11) is 2.68. The third-order valence-corrected chi connectivity index (χ3v) is 6.39. The second kappa shape index (κ2) is 10.7. The van der Waals surface area contributed by atoms with Gasteiger partial charge in [0.15, 0.2) is 23.1 Å². The van der Waals surface area contributed by atoms with Gasteiger partial charge in [0.25, 0.3) is 0 Å². The highest BCUT2D eigenvalue weighted by Gasteiger charge is 2.33. The maximum absolute atomic E-state index is 15.1. The van der Waals surface area contributed by atoms with Gasteiger partial charge in [-0.25, -0.2) is 4.39 Å². The molecule has 0 bridgehead atoms. The lowest BCUT2D eigenvalue weighted by Gasteiger charge is -2.26. The zero-order valence-corrected chi connectivity index (χ0v) is 22.3. The molecule has 1 heterocycles. The number of carboxylic acids is 1. The maximum atomic E-state index is 15.1. The van der Waals surface area contributed by atoms with E-state index in [1.165, 1.54) is 32.1 Å². The van der Waals surface area contributed by atoms with Gasteiger partial charge >= 0.3 is 5.97 Å². The first-order valence-corrected chi connectivity index (χ1v) is 11.8. The molecule has 38 heavy (non-hydrogen) atoms. The first-order chi connectivity index (χ1) is 17.7. The number of hydrogen-bond donors (Lipinski definition) is 3. The second-order valence-electron chi connectivity index (χ2n) is 10.1. The topological polar surface area (TPSA) is 140 Å². The van der Waals surface area contributed by atoms with Gasteiger partial charge in [-0.15, -0.1) is 0 Å². The summed E-state index contributed by atoms with van der Waals surface area (Å²) in [5.41, 5.74) is 0.792. The third-order valence-electron chi connectivity index (χ3n) is 6.39. The molecule has 1 aliphatic heterocycles. The van der Waals surface area contributed by atoms with Crippen LogP contribution in [0, 0.1) is 11.2 Å². The van der Waals surface area contributed by atoms with Crippen LogP contribution >= 0.6 is 0 Å². The average Bonchev–Trinajstić information content (AvgIpc) is 3.13. The Morgan fingerprint density at radius 2 is 1.82 bits per heavy atom. The summed E-state index contributed by atoms with van der Waals surface area (Å²) in [6.07, 6.45) is 0. The summed E-state index contributed by atoms with van der Waals surface area (Å²) in [4.78, 5) is 39.2. The predicted molar refractivity (Wildman–Crippen MR) is 137 cm³/mol. The number of phenols is 1. The number of aliphatic carboxylic acids is 1. The third kappa shape index (κ3) is 5.56. The minimum Gasteiger partial charge on any atom is -0.507 e. The van der Waals surface area contributed by atoms with Crippen LogP contribution in [0.5, 0.6) is 17.2 Å². The SMILES string of the molecule is COc1cc2c(c(F)c1OC)C(=N)N(CC(=O)c1cc(CN(CC(=O)O)C(C)=O)c(O)c(C(C)(C)C)c1)C2. The number of ketones is 1. The van der Waals surface area contributed by atoms with Gasteiger partial charge in [0.05, 0.1) is 26.3 Å². The number of fused-ring (bicyclic) bond motifs is 1. The van der Waals surface area contributed by atoms with E-state index in [1.807, 2.05) is 20.8 Å². The van der Waals surface area contributed by atoms with Gasteiger partial charge in [-0.1, -0.05) is 20.8 Å². The molecular weight excluding hydrogens is 497 g/mol. The molecule has 0 spiro atoms. The summed E-state index contributed by atoms with van der Waals surface area (Å²) >= 11 is 0. The number of amides is 1.